The van der Waals surface area contributed by atoms with Crippen LogP contribution in [0.4, 0.5) is 5.82 Å². The Kier molecular flexibility index (Phi) is 3.65. The lowest BCUT2D eigenvalue weighted by Gasteiger charge is -2.30. The normalized spacial score (nSPS) is 19.3. The summed E-state index contributed by atoms with van der Waals surface area (Å²) in [5.74, 6) is 3.42. The lowest BCUT2D eigenvalue weighted by molar-refractivity contribution is 0.169. The van der Waals surface area contributed by atoms with Gasteiger partial charge in [-0.25, -0.2) is 4.98 Å². The number of hydrogen-bond acceptors (Lipinski definition) is 6. The molecule has 7 nitrogen and oxygen atoms in total. The van der Waals surface area contributed by atoms with Gasteiger partial charge < -0.3 is 14.4 Å². The summed E-state index contributed by atoms with van der Waals surface area (Å²) in [6, 6.07) is 8.54. The Morgan fingerprint density at radius 2 is 2.15 bits per heavy atom. The molecule has 3 aromatic rings. The Morgan fingerprint density at radius 1 is 1.23 bits per heavy atom. The highest BCUT2D eigenvalue weighted by atomic mass is 16.6. The van der Waals surface area contributed by atoms with E-state index >= 15 is 0 Å². The number of nitrogens with zero attached hydrogens (tertiary/aromatic N) is 5. The maximum Gasteiger partial charge on any atom is 0.254 e. The van der Waals surface area contributed by atoms with Crippen LogP contribution in [0.25, 0.3) is 5.78 Å². The van der Waals surface area contributed by atoms with Crippen LogP contribution in [0, 0.1) is 0 Å². The van der Waals surface area contributed by atoms with Crippen LogP contribution in [0.15, 0.2) is 30.6 Å². The van der Waals surface area contributed by atoms with Gasteiger partial charge in [-0.3, -0.25) is 0 Å². The average molecular weight is 351 g/mol. The van der Waals surface area contributed by atoms with Gasteiger partial charge in [0.05, 0.1) is 6.04 Å². The first-order chi connectivity index (χ1) is 12.8. The second-order valence-corrected chi connectivity index (χ2v) is 6.65. The average Bonchev–Trinajstić information content (AvgIpc) is 3.36. The lowest BCUT2D eigenvalue weighted by Crippen LogP contribution is -2.27. The Balaban J connectivity index is 1.62. The lowest BCUT2D eigenvalue weighted by atomic mass is 10.0. The zero-order valence-electron chi connectivity index (χ0n) is 14.8. The summed E-state index contributed by atoms with van der Waals surface area (Å²) in [4.78, 5) is 11.3. The van der Waals surface area contributed by atoms with Crippen LogP contribution >= 0.6 is 0 Å². The molecule has 1 aromatic carbocycles. The Labute approximate surface area is 151 Å². The molecule has 0 amide bonds. The van der Waals surface area contributed by atoms with Crippen LogP contribution in [0.1, 0.15) is 37.1 Å². The molecule has 2 aliphatic heterocycles. The molecule has 2 aliphatic rings. The molecule has 0 N–H and O–H groups in total. The molecule has 0 saturated carbocycles. The minimum Gasteiger partial charge on any atom is -0.486 e. The molecule has 1 fully saturated rings. The molecule has 4 heterocycles. The standard InChI is InChI=1S/C19H21N5O2/c1-2-13-11-17(24-19(22-13)20-12-21-24)23-8-4-6-15(23)14-5-3-7-16-18(14)26-10-9-25-16/h3,5,7,11-12,15H,2,4,6,8-10H2,1H3. The Bertz CT molecular complexity index is 954. The molecule has 5 rings (SSSR count). The summed E-state index contributed by atoms with van der Waals surface area (Å²) in [5, 5.41) is 4.40. The summed E-state index contributed by atoms with van der Waals surface area (Å²) < 4.78 is 13.6. The zero-order chi connectivity index (χ0) is 17.5. The fourth-order valence-corrected chi connectivity index (χ4v) is 3.95. The Hall–Kier alpha value is -2.83. The number of rotatable bonds is 3. The van der Waals surface area contributed by atoms with Crippen LogP contribution in [-0.4, -0.2) is 39.3 Å². The molecule has 0 bridgehead atoms. The van der Waals surface area contributed by atoms with Crippen LogP contribution in [-0.2, 0) is 6.42 Å². The first-order valence-corrected chi connectivity index (χ1v) is 9.20. The summed E-state index contributed by atoms with van der Waals surface area (Å²) in [5.41, 5.74) is 2.21. The van der Waals surface area contributed by atoms with Crippen LogP contribution in [0.5, 0.6) is 11.5 Å². The van der Waals surface area contributed by atoms with Gasteiger partial charge >= 0.3 is 0 Å². The van der Waals surface area contributed by atoms with Crippen molar-refractivity contribution in [1.29, 1.82) is 0 Å². The van der Waals surface area contributed by atoms with Gasteiger partial charge in [-0.2, -0.15) is 14.6 Å². The van der Waals surface area contributed by atoms with Crippen LogP contribution in [0.2, 0.25) is 0 Å². The summed E-state index contributed by atoms with van der Waals surface area (Å²) in [6.07, 6.45) is 4.62. The van der Waals surface area contributed by atoms with Gasteiger partial charge in [0.2, 0.25) is 0 Å². The highest BCUT2D eigenvalue weighted by Gasteiger charge is 2.32. The molecular formula is C19H21N5O2. The van der Waals surface area contributed by atoms with Crippen molar-refractivity contribution in [3.63, 3.8) is 0 Å². The van der Waals surface area contributed by atoms with Gasteiger partial charge in [0.25, 0.3) is 5.78 Å². The van der Waals surface area contributed by atoms with E-state index < -0.39 is 0 Å². The van der Waals surface area contributed by atoms with Crippen molar-refractivity contribution in [3.05, 3.63) is 41.9 Å². The molecule has 1 saturated heterocycles. The van der Waals surface area contributed by atoms with E-state index in [0.29, 0.717) is 19.0 Å². The number of fused-ring (bicyclic) bond motifs is 2. The molecule has 0 aliphatic carbocycles. The number of hydrogen-bond donors (Lipinski definition) is 0. The van der Waals surface area contributed by atoms with Crippen molar-refractivity contribution in [2.45, 2.75) is 32.2 Å². The van der Waals surface area contributed by atoms with Gasteiger partial charge in [0.15, 0.2) is 11.5 Å². The number of aromatic nitrogens is 4. The fourth-order valence-electron chi connectivity index (χ4n) is 3.95. The van der Waals surface area contributed by atoms with Crippen molar-refractivity contribution < 1.29 is 9.47 Å². The Morgan fingerprint density at radius 3 is 3.08 bits per heavy atom. The van der Waals surface area contributed by atoms with E-state index in [1.165, 1.54) is 5.56 Å². The molecule has 134 valence electrons. The largest absolute Gasteiger partial charge is 0.486 e. The van der Waals surface area contributed by atoms with E-state index in [2.05, 4.69) is 45.1 Å². The molecule has 1 atom stereocenters. The maximum atomic E-state index is 5.97. The molecule has 0 radical (unpaired) electrons. The van der Waals surface area contributed by atoms with Crippen molar-refractivity contribution >= 4 is 11.6 Å². The fraction of sp³-hybridized carbons (Fsp3) is 0.421. The number of benzene rings is 1. The van der Waals surface area contributed by atoms with Crippen molar-refractivity contribution in [1.82, 2.24) is 19.6 Å². The summed E-state index contributed by atoms with van der Waals surface area (Å²) >= 11 is 0. The van der Waals surface area contributed by atoms with Gasteiger partial charge in [0, 0.05) is 23.9 Å². The minimum atomic E-state index is 0.228. The number of para-hydroxylation sites is 1. The zero-order valence-corrected chi connectivity index (χ0v) is 14.8. The quantitative estimate of drug-likeness (QED) is 0.723. The first kappa shape index (κ1) is 15.4. The molecule has 26 heavy (non-hydrogen) atoms. The van der Waals surface area contributed by atoms with Gasteiger partial charge in [-0.05, 0) is 25.3 Å². The van der Waals surface area contributed by atoms with Crippen molar-refractivity contribution in [2.24, 2.45) is 0 Å². The van der Waals surface area contributed by atoms with Gasteiger partial charge in [-0.15, -0.1) is 0 Å². The second-order valence-electron chi connectivity index (χ2n) is 6.65. The van der Waals surface area contributed by atoms with E-state index in [1.54, 1.807) is 6.33 Å². The van der Waals surface area contributed by atoms with Crippen molar-refractivity contribution in [3.8, 4) is 11.5 Å². The first-order valence-electron chi connectivity index (χ1n) is 9.20. The topological polar surface area (TPSA) is 64.8 Å². The third-order valence-corrected chi connectivity index (χ3v) is 5.15. The minimum absolute atomic E-state index is 0.228. The van der Waals surface area contributed by atoms with Gasteiger partial charge in [0.1, 0.15) is 25.4 Å². The smallest absolute Gasteiger partial charge is 0.254 e. The van der Waals surface area contributed by atoms with E-state index in [4.69, 9.17) is 9.47 Å². The highest BCUT2D eigenvalue weighted by molar-refractivity contribution is 5.55. The number of ether oxygens (including phenoxy) is 2. The van der Waals surface area contributed by atoms with E-state index in [9.17, 15) is 0 Å². The van der Waals surface area contributed by atoms with E-state index in [-0.39, 0.29) is 6.04 Å². The van der Waals surface area contributed by atoms with E-state index in [1.807, 2.05) is 10.6 Å². The highest BCUT2D eigenvalue weighted by Crippen LogP contribution is 2.44. The number of anilines is 1. The predicted molar refractivity (Wildman–Crippen MR) is 96.9 cm³/mol. The maximum absolute atomic E-state index is 5.97. The summed E-state index contributed by atoms with van der Waals surface area (Å²) in [7, 11) is 0. The van der Waals surface area contributed by atoms with Crippen molar-refractivity contribution in [2.75, 3.05) is 24.7 Å². The monoisotopic (exact) mass is 351 g/mol. The molecule has 2 aromatic heterocycles. The summed E-state index contributed by atoms with van der Waals surface area (Å²) in [6.45, 7) is 4.28. The van der Waals surface area contributed by atoms with E-state index in [0.717, 1.165) is 48.8 Å². The molecule has 0 spiro atoms. The third kappa shape index (κ3) is 2.38. The molecule has 7 heteroatoms. The van der Waals surface area contributed by atoms with Gasteiger partial charge in [-0.1, -0.05) is 19.1 Å². The number of aryl methyl sites for hydroxylation is 1. The second kappa shape index (κ2) is 6.16. The third-order valence-electron chi connectivity index (χ3n) is 5.15. The molecular weight excluding hydrogens is 330 g/mol. The molecule has 1 unspecified atom stereocenters. The SMILES string of the molecule is CCc1cc(N2CCCC2c2cccc3c2OCCO3)n2ncnc2n1. The van der Waals surface area contributed by atoms with Crippen LogP contribution in [0.3, 0.4) is 0 Å². The van der Waals surface area contributed by atoms with Crippen LogP contribution < -0.4 is 14.4 Å². The predicted octanol–water partition coefficient (Wildman–Crippen LogP) is 2.80.